The molecule has 0 saturated heterocycles. The molecule has 0 aliphatic rings. The standard InChI is InChI=1S/C21H25NO5S/c1-7-26-21(25)17-14(5)19(15(6)23)28-20(17)22-16(24)10-27-18-12(3)9-8-11(2)13(18)4/h8-9H,7,10H2,1-6H3,(H,22,24). The fraction of sp³-hybridized carbons (Fsp3) is 0.381. The lowest BCUT2D eigenvalue weighted by molar-refractivity contribution is -0.118. The van der Waals surface area contributed by atoms with E-state index in [1.165, 1.54) is 6.92 Å². The summed E-state index contributed by atoms with van der Waals surface area (Å²) >= 11 is 1.07. The van der Waals surface area contributed by atoms with E-state index in [9.17, 15) is 14.4 Å². The van der Waals surface area contributed by atoms with Crippen molar-refractivity contribution < 1.29 is 23.9 Å². The van der Waals surface area contributed by atoms with E-state index in [1.807, 2.05) is 32.9 Å². The van der Waals surface area contributed by atoms with Gasteiger partial charge in [-0.1, -0.05) is 12.1 Å². The van der Waals surface area contributed by atoms with E-state index in [0.29, 0.717) is 21.2 Å². The molecular weight excluding hydrogens is 378 g/mol. The number of ketones is 1. The van der Waals surface area contributed by atoms with Crippen LogP contribution in [-0.4, -0.2) is 30.9 Å². The molecule has 0 aliphatic carbocycles. The third-order valence-corrected chi connectivity index (χ3v) is 5.73. The number of esters is 1. The Bertz CT molecular complexity index is 929. The minimum Gasteiger partial charge on any atom is -0.483 e. The zero-order valence-corrected chi connectivity index (χ0v) is 17.8. The quantitative estimate of drug-likeness (QED) is 0.548. The average Bonchev–Trinajstić information content (AvgIpc) is 2.94. The monoisotopic (exact) mass is 403 g/mol. The minimum atomic E-state index is -0.564. The minimum absolute atomic E-state index is 0.171. The van der Waals surface area contributed by atoms with Gasteiger partial charge in [0.15, 0.2) is 12.4 Å². The Morgan fingerprint density at radius 3 is 2.29 bits per heavy atom. The first-order valence-electron chi connectivity index (χ1n) is 8.98. The van der Waals surface area contributed by atoms with E-state index in [4.69, 9.17) is 9.47 Å². The molecule has 0 unspecified atom stereocenters. The third kappa shape index (κ3) is 4.59. The Balaban J connectivity index is 2.22. The van der Waals surface area contributed by atoms with Crippen LogP contribution in [0.4, 0.5) is 5.00 Å². The van der Waals surface area contributed by atoms with Crippen LogP contribution >= 0.6 is 11.3 Å². The lowest BCUT2D eigenvalue weighted by Gasteiger charge is -2.14. The first-order chi connectivity index (χ1) is 13.2. The molecule has 0 spiro atoms. The van der Waals surface area contributed by atoms with Crippen molar-refractivity contribution in [2.45, 2.75) is 41.5 Å². The molecule has 150 valence electrons. The van der Waals surface area contributed by atoms with Gasteiger partial charge in [0.1, 0.15) is 10.8 Å². The predicted molar refractivity (Wildman–Crippen MR) is 110 cm³/mol. The lowest BCUT2D eigenvalue weighted by atomic mass is 10.1. The van der Waals surface area contributed by atoms with Gasteiger partial charge in [-0.3, -0.25) is 9.59 Å². The van der Waals surface area contributed by atoms with Gasteiger partial charge in [-0.2, -0.15) is 0 Å². The number of amides is 1. The summed E-state index contributed by atoms with van der Waals surface area (Å²) in [5.74, 6) is -0.476. The lowest BCUT2D eigenvalue weighted by Crippen LogP contribution is -2.21. The van der Waals surface area contributed by atoms with Crippen molar-refractivity contribution in [2.24, 2.45) is 0 Å². The van der Waals surface area contributed by atoms with Crippen LogP contribution < -0.4 is 10.1 Å². The first kappa shape index (κ1) is 21.6. The summed E-state index contributed by atoms with van der Waals surface area (Å²) < 4.78 is 10.8. The number of Topliss-reactive ketones (excluding diaryl/α,β-unsaturated/α-hetero) is 1. The summed E-state index contributed by atoms with van der Waals surface area (Å²) in [4.78, 5) is 37.0. The zero-order valence-electron chi connectivity index (χ0n) is 17.0. The summed E-state index contributed by atoms with van der Waals surface area (Å²) in [6.07, 6.45) is 0. The Labute approximate surface area is 168 Å². The number of hydrogen-bond donors (Lipinski definition) is 1. The molecule has 0 atom stereocenters. The molecule has 1 heterocycles. The molecule has 0 fully saturated rings. The largest absolute Gasteiger partial charge is 0.483 e. The second kappa shape index (κ2) is 9.01. The number of anilines is 1. The number of hydrogen-bond acceptors (Lipinski definition) is 6. The Kier molecular flexibility index (Phi) is 6.96. The van der Waals surface area contributed by atoms with E-state index in [-0.39, 0.29) is 24.6 Å². The highest BCUT2D eigenvalue weighted by Gasteiger charge is 2.25. The fourth-order valence-electron chi connectivity index (χ4n) is 2.83. The maximum absolute atomic E-state index is 12.4. The summed E-state index contributed by atoms with van der Waals surface area (Å²) in [5.41, 5.74) is 3.72. The number of nitrogens with one attached hydrogen (secondary N) is 1. The predicted octanol–water partition coefficient (Wildman–Crippen LogP) is 4.38. The highest BCUT2D eigenvalue weighted by Crippen LogP contribution is 2.34. The van der Waals surface area contributed by atoms with Crippen molar-refractivity contribution >= 4 is 34.0 Å². The molecule has 0 bridgehead atoms. The van der Waals surface area contributed by atoms with Crippen molar-refractivity contribution in [3.8, 4) is 5.75 Å². The Hall–Kier alpha value is -2.67. The van der Waals surface area contributed by atoms with Gasteiger partial charge >= 0.3 is 5.97 Å². The number of benzene rings is 1. The molecule has 1 aromatic heterocycles. The van der Waals surface area contributed by atoms with Gasteiger partial charge in [-0.25, -0.2) is 4.79 Å². The average molecular weight is 404 g/mol. The van der Waals surface area contributed by atoms with E-state index in [2.05, 4.69) is 5.32 Å². The van der Waals surface area contributed by atoms with Crippen molar-refractivity contribution in [3.05, 3.63) is 44.8 Å². The molecule has 2 aromatic rings. The molecule has 28 heavy (non-hydrogen) atoms. The van der Waals surface area contributed by atoms with Crippen LogP contribution in [0.1, 0.15) is 56.1 Å². The van der Waals surface area contributed by atoms with Gasteiger partial charge in [0, 0.05) is 0 Å². The number of carbonyl (C=O) groups is 3. The topological polar surface area (TPSA) is 81.7 Å². The SMILES string of the molecule is CCOC(=O)c1c(NC(=O)COc2c(C)ccc(C)c2C)sc(C(C)=O)c1C. The van der Waals surface area contributed by atoms with Crippen LogP contribution in [0.2, 0.25) is 0 Å². The molecule has 1 aromatic carbocycles. The van der Waals surface area contributed by atoms with Gasteiger partial charge < -0.3 is 14.8 Å². The first-order valence-corrected chi connectivity index (χ1v) is 9.79. The zero-order chi connectivity index (χ0) is 21.0. The normalized spacial score (nSPS) is 10.5. The summed E-state index contributed by atoms with van der Waals surface area (Å²) in [6, 6.07) is 3.94. The van der Waals surface area contributed by atoms with Crippen LogP contribution in [0, 0.1) is 27.7 Å². The summed E-state index contributed by atoms with van der Waals surface area (Å²) in [7, 11) is 0. The second-order valence-corrected chi connectivity index (χ2v) is 7.55. The molecule has 6 nitrogen and oxygen atoms in total. The van der Waals surface area contributed by atoms with Crippen molar-refractivity contribution in [3.63, 3.8) is 0 Å². The molecule has 2 rings (SSSR count). The van der Waals surface area contributed by atoms with Gasteiger partial charge in [0.25, 0.3) is 5.91 Å². The number of rotatable bonds is 7. The van der Waals surface area contributed by atoms with Crippen LogP contribution in [0.5, 0.6) is 5.75 Å². The smallest absolute Gasteiger partial charge is 0.341 e. The number of thiophene rings is 1. The molecule has 0 radical (unpaired) electrons. The Morgan fingerprint density at radius 1 is 1.04 bits per heavy atom. The van der Waals surface area contributed by atoms with Gasteiger partial charge in [0.2, 0.25) is 0 Å². The maximum Gasteiger partial charge on any atom is 0.341 e. The Morgan fingerprint density at radius 2 is 1.68 bits per heavy atom. The van der Waals surface area contributed by atoms with Gasteiger partial charge in [-0.05, 0) is 63.8 Å². The van der Waals surface area contributed by atoms with Gasteiger partial charge in [0.05, 0.1) is 17.0 Å². The van der Waals surface area contributed by atoms with Crippen molar-refractivity contribution in [1.82, 2.24) is 0 Å². The molecule has 0 saturated carbocycles. The fourth-order valence-corrected chi connectivity index (χ4v) is 3.94. The number of ether oxygens (including phenoxy) is 2. The van der Waals surface area contributed by atoms with E-state index < -0.39 is 11.9 Å². The van der Waals surface area contributed by atoms with Crippen LogP contribution in [-0.2, 0) is 9.53 Å². The van der Waals surface area contributed by atoms with E-state index in [0.717, 1.165) is 28.0 Å². The molecule has 7 heteroatoms. The third-order valence-electron chi connectivity index (χ3n) is 4.42. The molecule has 0 aliphatic heterocycles. The van der Waals surface area contributed by atoms with Crippen molar-refractivity contribution in [1.29, 1.82) is 0 Å². The number of aryl methyl sites for hydroxylation is 2. The van der Waals surface area contributed by atoms with E-state index >= 15 is 0 Å². The summed E-state index contributed by atoms with van der Waals surface area (Å²) in [6.45, 7) is 10.6. The van der Waals surface area contributed by atoms with Gasteiger partial charge in [-0.15, -0.1) is 11.3 Å². The van der Waals surface area contributed by atoms with Crippen molar-refractivity contribution in [2.75, 3.05) is 18.5 Å². The summed E-state index contributed by atoms with van der Waals surface area (Å²) in [5, 5.41) is 2.99. The second-order valence-electron chi connectivity index (χ2n) is 6.53. The number of carbonyl (C=O) groups excluding carboxylic acids is 3. The van der Waals surface area contributed by atoms with Crippen LogP contribution in [0.3, 0.4) is 0 Å². The van der Waals surface area contributed by atoms with Crippen LogP contribution in [0.25, 0.3) is 0 Å². The van der Waals surface area contributed by atoms with Crippen LogP contribution in [0.15, 0.2) is 12.1 Å². The van der Waals surface area contributed by atoms with E-state index in [1.54, 1.807) is 13.8 Å². The highest BCUT2D eigenvalue weighted by molar-refractivity contribution is 7.18. The highest BCUT2D eigenvalue weighted by atomic mass is 32.1. The maximum atomic E-state index is 12.4. The molecule has 1 N–H and O–H groups in total. The molecular formula is C21H25NO5S. The molecule has 1 amide bonds.